The number of nitrogens with one attached hydrogen (secondary N) is 1. The van der Waals surface area contributed by atoms with Gasteiger partial charge in [-0.1, -0.05) is 19.3 Å². The van der Waals surface area contributed by atoms with Gasteiger partial charge in [-0.05, 0) is 25.0 Å². The van der Waals surface area contributed by atoms with E-state index in [1.165, 1.54) is 0 Å². The summed E-state index contributed by atoms with van der Waals surface area (Å²) >= 11 is 0. The summed E-state index contributed by atoms with van der Waals surface area (Å²) in [5, 5.41) is 12.1. The third-order valence-electron chi connectivity index (χ3n) is 4.17. The van der Waals surface area contributed by atoms with Crippen molar-refractivity contribution in [1.29, 1.82) is 0 Å². The Morgan fingerprint density at radius 2 is 2.00 bits per heavy atom. The van der Waals surface area contributed by atoms with Gasteiger partial charge in [-0.2, -0.15) is 0 Å². The molecular formula is C16H23N3O3. The molecule has 2 rings (SSSR count). The maximum Gasteiger partial charge on any atom is 0.305 e. The molecule has 0 aliphatic heterocycles. The Hall–Kier alpha value is -2.11. The van der Waals surface area contributed by atoms with Gasteiger partial charge in [0.2, 0.25) is 0 Å². The van der Waals surface area contributed by atoms with Crippen LogP contribution in [0.2, 0.25) is 0 Å². The summed E-state index contributed by atoms with van der Waals surface area (Å²) in [4.78, 5) is 29.7. The molecule has 6 nitrogen and oxygen atoms in total. The highest BCUT2D eigenvalue weighted by molar-refractivity contribution is 5.94. The molecule has 1 fully saturated rings. The third-order valence-corrected chi connectivity index (χ3v) is 4.17. The van der Waals surface area contributed by atoms with E-state index in [4.69, 9.17) is 5.11 Å². The average Bonchev–Trinajstić information content (AvgIpc) is 2.47. The van der Waals surface area contributed by atoms with Crippen molar-refractivity contribution in [1.82, 2.24) is 10.3 Å². The first-order valence-corrected chi connectivity index (χ1v) is 7.60. The van der Waals surface area contributed by atoms with Crippen molar-refractivity contribution in [3.8, 4) is 0 Å². The Morgan fingerprint density at radius 3 is 2.59 bits per heavy atom. The highest BCUT2D eigenvalue weighted by Crippen LogP contribution is 2.31. The minimum atomic E-state index is -0.878. The largest absolute Gasteiger partial charge is 0.481 e. The minimum Gasteiger partial charge on any atom is -0.481 e. The van der Waals surface area contributed by atoms with Crippen molar-refractivity contribution >= 4 is 17.6 Å². The van der Waals surface area contributed by atoms with Crippen LogP contribution in [0, 0.1) is 0 Å². The van der Waals surface area contributed by atoms with E-state index in [-0.39, 0.29) is 12.3 Å². The van der Waals surface area contributed by atoms with Crippen LogP contribution in [0.15, 0.2) is 18.3 Å². The van der Waals surface area contributed by atoms with Crippen LogP contribution in [-0.4, -0.2) is 41.6 Å². The van der Waals surface area contributed by atoms with Crippen molar-refractivity contribution in [2.45, 2.75) is 44.1 Å². The van der Waals surface area contributed by atoms with Crippen molar-refractivity contribution in [3.63, 3.8) is 0 Å². The number of carbonyl (C=O) groups excluding carboxylic acids is 1. The highest BCUT2D eigenvalue weighted by atomic mass is 16.4. The van der Waals surface area contributed by atoms with Crippen LogP contribution in [0.3, 0.4) is 0 Å². The quantitative estimate of drug-likeness (QED) is 0.870. The maximum atomic E-state index is 12.5. The van der Waals surface area contributed by atoms with Crippen LogP contribution >= 0.6 is 0 Å². The Balaban J connectivity index is 2.17. The molecule has 0 bridgehead atoms. The van der Waals surface area contributed by atoms with Gasteiger partial charge in [0.1, 0.15) is 5.69 Å². The standard InChI is InChI=1S/C16H23N3O3/c1-19(2)12-6-9-17-13(10-12)15(22)18-16(11-14(20)21)7-4-3-5-8-16/h6,9-10H,3-5,7-8,11H2,1-2H3,(H,18,22)(H,20,21). The first-order valence-electron chi connectivity index (χ1n) is 7.60. The third kappa shape index (κ3) is 3.96. The summed E-state index contributed by atoms with van der Waals surface area (Å²) in [6.07, 6.45) is 5.95. The van der Waals surface area contributed by atoms with Crippen LogP contribution in [0.5, 0.6) is 0 Å². The van der Waals surface area contributed by atoms with Crippen LogP contribution in [0.25, 0.3) is 0 Å². The number of rotatable bonds is 5. The van der Waals surface area contributed by atoms with E-state index in [0.29, 0.717) is 18.5 Å². The number of carbonyl (C=O) groups is 2. The molecule has 1 aliphatic rings. The fourth-order valence-electron chi connectivity index (χ4n) is 2.99. The zero-order chi connectivity index (χ0) is 16.2. The number of aromatic nitrogens is 1. The number of carboxylic acids is 1. The molecule has 0 aromatic carbocycles. The van der Waals surface area contributed by atoms with Gasteiger partial charge in [-0.3, -0.25) is 14.6 Å². The number of hydrogen-bond acceptors (Lipinski definition) is 4. The lowest BCUT2D eigenvalue weighted by Gasteiger charge is -2.36. The average molecular weight is 305 g/mol. The number of nitrogens with zero attached hydrogens (tertiary/aromatic N) is 2. The lowest BCUT2D eigenvalue weighted by molar-refractivity contribution is -0.139. The van der Waals surface area contributed by atoms with Gasteiger partial charge >= 0.3 is 5.97 Å². The normalized spacial score (nSPS) is 16.8. The summed E-state index contributed by atoms with van der Waals surface area (Å²) < 4.78 is 0. The van der Waals surface area contributed by atoms with Gasteiger partial charge in [-0.25, -0.2) is 0 Å². The molecule has 1 amide bonds. The number of carboxylic acid groups (broad SMARTS) is 1. The highest BCUT2D eigenvalue weighted by Gasteiger charge is 2.36. The van der Waals surface area contributed by atoms with Crippen LogP contribution in [-0.2, 0) is 4.79 Å². The van der Waals surface area contributed by atoms with E-state index >= 15 is 0 Å². The summed E-state index contributed by atoms with van der Waals surface area (Å²) in [7, 11) is 3.79. The second-order valence-corrected chi connectivity index (χ2v) is 6.16. The Labute approximate surface area is 130 Å². The lowest BCUT2D eigenvalue weighted by atomic mass is 9.79. The molecule has 1 saturated carbocycles. The zero-order valence-electron chi connectivity index (χ0n) is 13.1. The number of hydrogen-bond donors (Lipinski definition) is 2. The van der Waals surface area contributed by atoms with E-state index in [0.717, 1.165) is 24.9 Å². The molecule has 22 heavy (non-hydrogen) atoms. The zero-order valence-corrected chi connectivity index (χ0v) is 13.1. The fraction of sp³-hybridized carbons (Fsp3) is 0.562. The van der Waals surface area contributed by atoms with E-state index in [1.54, 1.807) is 12.3 Å². The predicted molar refractivity (Wildman–Crippen MR) is 84.1 cm³/mol. The SMILES string of the molecule is CN(C)c1ccnc(C(=O)NC2(CC(=O)O)CCCCC2)c1. The smallest absolute Gasteiger partial charge is 0.305 e. The van der Waals surface area contributed by atoms with Crippen LogP contribution in [0.1, 0.15) is 49.0 Å². The number of aliphatic carboxylic acids is 1. The minimum absolute atomic E-state index is 0.0356. The first-order chi connectivity index (χ1) is 10.4. The van der Waals surface area contributed by atoms with Crippen molar-refractivity contribution in [2.75, 3.05) is 19.0 Å². The summed E-state index contributed by atoms with van der Waals surface area (Å²) in [5.41, 5.74) is 0.564. The predicted octanol–water partition coefficient (Wildman–Crippen LogP) is 2.05. The molecule has 0 unspecified atom stereocenters. The monoisotopic (exact) mass is 305 g/mol. The van der Waals surface area contributed by atoms with Gasteiger partial charge in [0.05, 0.1) is 12.0 Å². The summed E-state index contributed by atoms with van der Waals surface area (Å²) in [5.74, 6) is -1.18. The molecule has 0 atom stereocenters. The summed E-state index contributed by atoms with van der Waals surface area (Å²) in [6, 6.07) is 3.54. The molecule has 0 saturated heterocycles. The molecule has 2 N–H and O–H groups in total. The number of amides is 1. The molecule has 1 aromatic rings. The fourth-order valence-corrected chi connectivity index (χ4v) is 2.99. The van der Waals surface area contributed by atoms with Gasteiger partial charge in [-0.15, -0.1) is 0 Å². The van der Waals surface area contributed by atoms with Crippen LogP contribution < -0.4 is 10.2 Å². The molecular weight excluding hydrogens is 282 g/mol. The Bertz CT molecular complexity index is 551. The number of anilines is 1. The first kappa shape index (κ1) is 16.3. The topological polar surface area (TPSA) is 82.5 Å². The van der Waals surface area contributed by atoms with Gasteiger partial charge in [0.25, 0.3) is 5.91 Å². The van der Waals surface area contributed by atoms with Crippen molar-refractivity contribution < 1.29 is 14.7 Å². The molecule has 120 valence electrons. The van der Waals surface area contributed by atoms with Gasteiger partial charge in [0.15, 0.2) is 0 Å². The number of pyridine rings is 1. The van der Waals surface area contributed by atoms with E-state index in [1.807, 2.05) is 25.1 Å². The molecule has 6 heteroatoms. The second kappa shape index (κ2) is 6.77. The van der Waals surface area contributed by atoms with E-state index < -0.39 is 11.5 Å². The van der Waals surface area contributed by atoms with Crippen LogP contribution in [0.4, 0.5) is 5.69 Å². The molecule has 1 heterocycles. The van der Waals surface area contributed by atoms with Crippen molar-refractivity contribution in [3.05, 3.63) is 24.0 Å². The molecule has 1 aliphatic carbocycles. The van der Waals surface area contributed by atoms with Gasteiger partial charge < -0.3 is 15.3 Å². The lowest BCUT2D eigenvalue weighted by Crippen LogP contribution is -2.51. The Morgan fingerprint density at radius 1 is 1.32 bits per heavy atom. The Kier molecular flexibility index (Phi) is 5.00. The summed E-state index contributed by atoms with van der Waals surface area (Å²) in [6.45, 7) is 0. The maximum absolute atomic E-state index is 12.5. The molecule has 1 aromatic heterocycles. The van der Waals surface area contributed by atoms with Gasteiger partial charge in [0, 0.05) is 26.0 Å². The van der Waals surface area contributed by atoms with E-state index in [9.17, 15) is 9.59 Å². The molecule has 0 radical (unpaired) electrons. The second-order valence-electron chi connectivity index (χ2n) is 6.16. The molecule has 0 spiro atoms. The van der Waals surface area contributed by atoms with Crippen molar-refractivity contribution in [2.24, 2.45) is 0 Å². The van der Waals surface area contributed by atoms with E-state index in [2.05, 4.69) is 10.3 Å².